The number of nitrogens with one attached hydrogen (secondary N) is 2. The van der Waals surface area contributed by atoms with Crippen molar-refractivity contribution in [2.75, 3.05) is 10.7 Å². The summed E-state index contributed by atoms with van der Waals surface area (Å²) in [7, 11) is 0. The van der Waals surface area contributed by atoms with Gasteiger partial charge >= 0.3 is 5.69 Å². The molecule has 0 unspecified atom stereocenters. The fraction of sp³-hybridized carbons (Fsp3) is 0.500. The smallest absolute Gasteiger partial charge is 0.316 e. The van der Waals surface area contributed by atoms with Crippen molar-refractivity contribution < 1.29 is 10.0 Å². The van der Waals surface area contributed by atoms with E-state index in [-0.39, 0.29) is 11.4 Å². The van der Waals surface area contributed by atoms with Gasteiger partial charge in [-0.15, -0.1) is 0 Å². The number of para-hydroxylation sites is 1. The lowest BCUT2D eigenvalue weighted by Crippen LogP contribution is -2.51. The van der Waals surface area contributed by atoms with Gasteiger partial charge in [-0.3, -0.25) is 16.0 Å². The van der Waals surface area contributed by atoms with E-state index in [2.05, 4.69) is 10.7 Å². The molecule has 106 valence electrons. The van der Waals surface area contributed by atoms with E-state index in [0.29, 0.717) is 5.69 Å². The van der Waals surface area contributed by atoms with Gasteiger partial charge < -0.3 is 15.8 Å². The van der Waals surface area contributed by atoms with Crippen molar-refractivity contribution in [1.29, 1.82) is 0 Å². The number of nitro benzene ring substituents is 1. The fourth-order valence-corrected chi connectivity index (χ4v) is 1.45. The van der Waals surface area contributed by atoms with Gasteiger partial charge in [0.25, 0.3) is 0 Å². The van der Waals surface area contributed by atoms with Crippen LogP contribution in [0.4, 0.5) is 17.1 Å². The number of hydrogen-bond donors (Lipinski definition) is 4. The summed E-state index contributed by atoms with van der Waals surface area (Å²) >= 11 is 0. The summed E-state index contributed by atoms with van der Waals surface area (Å²) in [6.07, 6.45) is 0. The predicted octanol–water partition coefficient (Wildman–Crippen LogP) is 1.84. The summed E-state index contributed by atoms with van der Waals surface area (Å²) in [6.45, 7) is 6.80. The van der Waals surface area contributed by atoms with E-state index >= 15 is 0 Å². The minimum absolute atomic E-state index is 0.151. The highest BCUT2D eigenvalue weighted by molar-refractivity contribution is 5.76. The van der Waals surface area contributed by atoms with Crippen molar-refractivity contribution >= 4 is 17.1 Å². The molecule has 0 spiro atoms. The molecule has 5 N–H and O–H groups in total. The van der Waals surface area contributed by atoms with Gasteiger partial charge in [0, 0.05) is 0 Å². The Labute approximate surface area is 111 Å². The number of nitrogens with two attached hydrogens (primary N) is 1. The van der Waals surface area contributed by atoms with Crippen LogP contribution < -0.4 is 16.6 Å². The van der Waals surface area contributed by atoms with Crippen LogP contribution in [0.3, 0.4) is 0 Å². The number of hydrogen-bond acceptors (Lipinski definition) is 6. The topological polar surface area (TPSA) is 113 Å². The van der Waals surface area contributed by atoms with Crippen molar-refractivity contribution in [3.63, 3.8) is 0 Å². The Morgan fingerprint density at radius 3 is 2.21 bits per heavy atom. The van der Waals surface area contributed by atoms with Crippen LogP contribution in [-0.4, -0.2) is 21.2 Å². The van der Waals surface area contributed by atoms with Crippen LogP contribution in [0.5, 0.6) is 0 Å². The Morgan fingerprint density at radius 2 is 1.79 bits per heavy atom. The van der Waals surface area contributed by atoms with E-state index in [1.807, 2.05) is 0 Å². The molecule has 0 aliphatic heterocycles. The first kappa shape index (κ1) is 15.2. The molecule has 0 amide bonds. The molecule has 1 aromatic carbocycles. The van der Waals surface area contributed by atoms with Gasteiger partial charge in [0.1, 0.15) is 11.4 Å². The molecule has 1 rings (SSSR count). The summed E-state index contributed by atoms with van der Waals surface area (Å²) in [5.41, 5.74) is 0.834. The summed E-state index contributed by atoms with van der Waals surface area (Å²) in [5.74, 6) is 5.28. The van der Waals surface area contributed by atoms with Crippen molar-refractivity contribution in [2.45, 2.75) is 38.8 Å². The third kappa shape index (κ3) is 3.12. The number of nitro groups is 1. The van der Waals surface area contributed by atoms with Crippen LogP contribution in [0.15, 0.2) is 18.2 Å². The van der Waals surface area contributed by atoms with Gasteiger partial charge in [0.2, 0.25) is 0 Å². The minimum Gasteiger partial charge on any atom is -0.388 e. The number of anilines is 2. The number of nitrogens with zero attached hydrogens (tertiary/aromatic N) is 1. The molecule has 0 saturated carbocycles. The highest BCUT2D eigenvalue weighted by Gasteiger charge is 2.36. The van der Waals surface area contributed by atoms with E-state index in [1.54, 1.807) is 39.8 Å². The Morgan fingerprint density at radius 1 is 1.26 bits per heavy atom. The molecule has 7 heteroatoms. The lowest BCUT2D eigenvalue weighted by Gasteiger charge is -2.38. The highest BCUT2D eigenvalue weighted by Crippen LogP contribution is 2.36. The zero-order valence-corrected chi connectivity index (χ0v) is 11.5. The first-order valence-corrected chi connectivity index (χ1v) is 5.85. The van der Waals surface area contributed by atoms with E-state index in [0.717, 1.165) is 0 Å². The molecule has 0 aromatic heterocycles. The lowest BCUT2D eigenvalue weighted by molar-refractivity contribution is -0.383. The minimum atomic E-state index is -1.06. The van der Waals surface area contributed by atoms with Gasteiger partial charge in [-0.05, 0) is 39.8 Å². The van der Waals surface area contributed by atoms with Crippen molar-refractivity contribution in [1.82, 2.24) is 0 Å². The monoisotopic (exact) mass is 268 g/mol. The summed E-state index contributed by atoms with van der Waals surface area (Å²) in [5, 5.41) is 24.2. The maximum Gasteiger partial charge on any atom is 0.316 e. The normalized spacial score (nSPS) is 12.1. The predicted molar refractivity (Wildman–Crippen MR) is 74.9 cm³/mol. The standard InChI is InChI=1S/C12H20N4O3/c1-11(2,12(3,4)17)14-8-6-5-7-9(15-13)10(8)16(18)19/h5-7,14-15,17H,13H2,1-4H3. The van der Waals surface area contributed by atoms with Gasteiger partial charge in [0.15, 0.2) is 0 Å². The van der Waals surface area contributed by atoms with Gasteiger partial charge in [-0.25, -0.2) is 0 Å². The lowest BCUT2D eigenvalue weighted by atomic mass is 9.85. The highest BCUT2D eigenvalue weighted by atomic mass is 16.6. The second-order valence-electron chi connectivity index (χ2n) is 5.41. The Balaban J connectivity index is 3.26. The first-order valence-electron chi connectivity index (χ1n) is 5.85. The zero-order valence-electron chi connectivity index (χ0n) is 11.5. The van der Waals surface area contributed by atoms with Gasteiger partial charge in [-0.2, -0.15) is 0 Å². The molecule has 1 aromatic rings. The number of aliphatic hydroxyl groups is 1. The molecule has 0 heterocycles. The van der Waals surface area contributed by atoms with Crippen LogP contribution in [0.25, 0.3) is 0 Å². The summed E-state index contributed by atoms with van der Waals surface area (Å²) in [6, 6.07) is 4.73. The van der Waals surface area contributed by atoms with E-state index in [4.69, 9.17) is 5.84 Å². The van der Waals surface area contributed by atoms with E-state index < -0.39 is 16.1 Å². The van der Waals surface area contributed by atoms with Crippen molar-refractivity contribution in [2.24, 2.45) is 5.84 Å². The quantitative estimate of drug-likeness (QED) is 0.368. The molecule has 0 atom stereocenters. The van der Waals surface area contributed by atoms with Crippen LogP contribution >= 0.6 is 0 Å². The molecule has 19 heavy (non-hydrogen) atoms. The van der Waals surface area contributed by atoms with Crippen LogP contribution in [0.1, 0.15) is 27.7 Å². The molecule has 0 aliphatic carbocycles. The largest absolute Gasteiger partial charge is 0.388 e. The number of nitrogen functional groups attached to an aromatic ring is 1. The molecule has 0 radical (unpaired) electrons. The summed E-state index contributed by atoms with van der Waals surface area (Å²) < 4.78 is 0. The van der Waals surface area contributed by atoms with Crippen LogP contribution in [-0.2, 0) is 0 Å². The van der Waals surface area contributed by atoms with E-state index in [1.165, 1.54) is 6.07 Å². The first-order chi connectivity index (χ1) is 8.60. The van der Waals surface area contributed by atoms with Crippen LogP contribution in [0, 0.1) is 10.1 Å². The Kier molecular flexibility index (Phi) is 4.02. The van der Waals surface area contributed by atoms with Crippen LogP contribution in [0.2, 0.25) is 0 Å². The average Bonchev–Trinajstić information content (AvgIpc) is 2.26. The Hall–Kier alpha value is -1.86. The number of hydrazine groups is 1. The van der Waals surface area contributed by atoms with Gasteiger partial charge in [-0.1, -0.05) is 6.07 Å². The Bertz CT molecular complexity index is 480. The molecule has 0 bridgehead atoms. The molecular weight excluding hydrogens is 248 g/mol. The molecule has 0 aliphatic rings. The third-order valence-electron chi connectivity index (χ3n) is 3.35. The van der Waals surface area contributed by atoms with Crippen molar-refractivity contribution in [3.8, 4) is 0 Å². The second kappa shape index (κ2) is 5.02. The molecule has 0 fully saturated rings. The maximum absolute atomic E-state index is 11.1. The molecular formula is C12H20N4O3. The number of rotatable bonds is 5. The second-order valence-corrected chi connectivity index (χ2v) is 5.41. The number of benzene rings is 1. The fourth-order valence-electron chi connectivity index (χ4n) is 1.45. The summed E-state index contributed by atoms with van der Waals surface area (Å²) in [4.78, 5) is 10.6. The van der Waals surface area contributed by atoms with Gasteiger partial charge in [0.05, 0.1) is 16.1 Å². The maximum atomic E-state index is 11.1. The average molecular weight is 268 g/mol. The SMILES string of the molecule is CC(C)(O)C(C)(C)Nc1cccc(NN)c1[N+](=O)[O-]. The van der Waals surface area contributed by atoms with E-state index in [9.17, 15) is 15.2 Å². The third-order valence-corrected chi connectivity index (χ3v) is 3.35. The zero-order chi connectivity index (χ0) is 14.8. The molecule has 0 saturated heterocycles. The molecule has 7 nitrogen and oxygen atoms in total. The van der Waals surface area contributed by atoms with Crippen molar-refractivity contribution in [3.05, 3.63) is 28.3 Å².